The molecule has 2 heterocycles. The first-order valence-corrected chi connectivity index (χ1v) is 9.32. The normalized spacial score (nSPS) is 11.3. The number of aromatic amines is 1. The Labute approximate surface area is 178 Å². The second kappa shape index (κ2) is 9.26. The Morgan fingerprint density at radius 3 is 2.70 bits per heavy atom. The van der Waals surface area contributed by atoms with Gasteiger partial charge in [0.1, 0.15) is 6.54 Å². The predicted octanol–water partition coefficient (Wildman–Crippen LogP) is 3.91. The van der Waals surface area contributed by atoms with Crippen molar-refractivity contribution >= 4 is 29.7 Å². The molecule has 0 radical (unpaired) electrons. The van der Waals surface area contributed by atoms with Crippen LogP contribution in [0, 0.1) is 4.77 Å². The molecule has 3 aromatic rings. The molecule has 0 fully saturated rings. The molecule has 12 heteroatoms. The molecule has 0 unspecified atom stereocenters. The van der Waals surface area contributed by atoms with Crippen molar-refractivity contribution in [3.05, 3.63) is 58.0 Å². The maximum atomic E-state index is 12.4. The maximum Gasteiger partial charge on any atom is 0.422 e. The SMILES string of the molecule is O=C(Cn1c(-c2ccc(Cl)cc2)n[nH]c1=S)NCc1ccnc(OCC(F)(F)F)c1. The third-order valence-electron chi connectivity index (χ3n) is 3.84. The van der Waals surface area contributed by atoms with Gasteiger partial charge in [0.15, 0.2) is 17.2 Å². The summed E-state index contributed by atoms with van der Waals surface area (Å²) in [6.07, 6.45) is -3.16. The highest BCUT2D eigenvalue weighted by Crippen LogP contribution is 2.20. The predicted molar refractivity (Wildman–Crippen MR) is 105 cm³/mol. The summed E-state index contributed by atoms with van der Waals surface area (Å²) < 4.78 is 43.1. The number of carbonyl (C=O) groups excluding carboxylic acids is 1. The van der Waals surface area contributed by atoms with Crippen LogP contribution in [0.25, 0.3) is 11.4 Å². The average Bonchev–Trinajstić information content (AvgIpc) is 3.05. The molecule has 7 nitrogen and oxygen atoms in total. The number of benzene rings is 1. The quantitative estimate of drug-likeness (QED) is 0.525. The smallest absolute Gasteiger partial charge is 0.422 e. The number of amides is 1. The zero-order valence-corrected chi connectivity index (χ0v) is 16.8. The molecule has 0 saturated carbocycles. The molecule has 0 atom stereocenters. The molecule has 0 saturated heterocycles. The molecule has 2 N–H and O–H groups in total. The van der Waals surface area contributed by atoms with E-state index in [4.69, 9.17) is 23.8 Å². The number of alkyl halides is 3. The Hall–Kier alpha value is -2.92. The lowest BCUT2D eigenvalue weighted by Gasteiger charge is -2.10. The van der Waals surface area contributed by atoms with Gasteiger partial charge in [-0.05, 0) is 48.1 Å². The second-order valence-electron chi connectivity index (χ2n) is 6.13. The minimum Gasteiger partial charge on any atom is -0.468 e. The van der Waals surface area contributed by atoms with Gasteiger partial charge in [0, 0.05) is 29.4 Å². The van der Waals surface area contributed by atoms with E-state index in [9.17, 15) is 18.0 Å². The van der Waals surface area contributed by atoms with E-state index in [1.54, 1.807) is 30.3 Å². The lowest BCUT2D eigenvalue weighted by Crippen LogP contribution is -2.27. The summed E-state index contributed by atoms with van der Waals surface area (Å²) >= 11 is 11.1. The molecule has 3 rings (SSSR count). The minimum absolute atomic E-state index is 0.0746. The van der Waals surface area contributed by atoms with Crippen LogP contribution in [0.3, 0.4) is 0 Å². The van der Waals surface area contributed by atoms with Crippen LogP contribution in [-0.2, 0) is 17.9 Å². The lowest BCUT2D eigenvalue weighted by atomic mass is 10.2. The highest BCUT2D eigenvalue weighted by Gasteiger charge is 2.28. The molecule has 1 aromatic carbocycles. The summed E-state index contributed by atoms with van der Waals surface area (Å²) in [4.78, 5) is 16.1. The number of hydrogen-bond donors (Lipinski definition) is 2. The Bertz CT molecular complexity index is 1080. The van der Waals surface area contributed by atoms with Gasteiger partial charge in [-0.25, -0.2) is 4.98 Å². The van der Waals surface area contributed by atoms with E-state index >= 15 is 0 Å². The van der Waals surface area contributed by atoms with Gasteiger partial charge in [-0.2, -0.15) is 18.3 Å². The molecular weight excluding hydrogens is 443 g/mol. The lowest BCUT2D eigenvalue weighted by molar-refractivity contribution is -0.154. The number of carbonyl (C=O) groups is 1. The van der Waals surface area contributed by atoms with Crippen LogP contribution in [-0.4, -0.2) is 38.4 Å². The molecule has 30 heavy (non-hydrogen) atoms. The van der Waals surface area contributed by atoms with E-state index in [1.165, 1.54) is 16.8 Å². The third kappa shape index (κ3) is 6.04. The molecule has 158 valence electrons. The van der Waals surface area contributed by atoms with Crippen molar-refractivity contribution in [3.63, 3.8) is 0 Å². The third-order valence-corrected chi connectivity index (χ3v) is 4.40. The first-order valence-electron chi connectivity index (χ1n) is 8.53. The summed E-state index contributed by atoms with van der Waals surface area (Å²) in [5, 5.41) is 10.0. The van der Waals surface area contributed by atoms with E-state index in [-0.39, 0.29) is 29.6 Å². The molecule has 0 aliphatic carbocycles. The van der Waals surface area contributed by atoms with Gasteiger partial charge in [0.25, 0.3) is 0 Å². The summed E-state index contributed by atoms with van der Waals surface area (Å²) in [7, 11) is 0. The van der Waals surface area contributed by atoms with E-state index < -0.39 is 12.8 Å². The van der Waals surface area contributed by atoms with Crippen LogP contribution in [0.1, 0.15) is 5.56 Å². The Kier molecular flexibility index (Phi) is 6.73. The zero-order valence-electron chi connectivity index (χ0n) is 15.2. The second-order valence-corrected chi connectivity index (χ2v) is 6.95. The minimum atomic E-state index is -4.46. The number of nitrogens with zero attached hydrogens (tertiary/aromatic N) is 3. The standard InChI is InChI=1S/C18H15ClF3N5O2S/c19-13-3-1-12(2-4-13)16-25-26-17(30)27(16)9-14(28)24-8-11-5-6-23-15(7-11)29-10-18(20,21)22/h1-7H,8-10H2,(H,24,28)(H,26,30). The number of aromatic nitrogens is 4. The van der Waals surface area contributed by atoms with Crippen LogP contribution < -0.4 is 10.1 Å². The van der Waals surface area contributed by atoms with Gasteiger partial charge in [-0.3, -0.25) is 14.5 Å². The largest absolute Gasteiger partial charge is 0.468 e. The van der Waals surface area contributed by atoms with E-state index in [0.29, 0.717) is 16.4 Å². The zero-order chi connectivity index (χ0) is 21.7. The van der Waals surface area contributed by atoms with Crippen molar-refractivity contribution in [3.8, 4) is 17.3 Å². The van der Waals surface area contributed by atoms with Gasteiger partial charge in [0.2, 0.25) is 11.8 Å². The Morgan fingerprint density at radius 2 is 2.00 bits per heavy atom. The summed E-state index contributed by atoms with van der Waals surface area (Å²) in [5.41, 5.74) is 1.25. The topological polar surface area (TPSA) is 84.8 Å². The van der Waals surface area contributed by atoms with Crippen molar-refractivity contribution in [2.24, 2.45) is 0 Å². The maximum absolute atomic E-state index is 12.4. The molecule has 0 aliphatic heterocycles. The molecule has 0 bridgehead atoms. The molecule has 2 aromatic heterocycles. The van der Waals surface area contributed by atoms with Crippen LogP contribution in [0.2, 0.25) is 5.02 Å². The number of nitrogens with one attached hydrogen (secondary N) is 2. The number of ether oxygens (including phenoxy) is 1. The fraction of sp³-hybridized carbons (Fsp3) is 0.222. The van der Waals surface area contributed by atoms with Gasteiger partial charge in [-0.1, -0.05) is 11.6 Å². The van der Waals surface area contributed by atoms with Gasteiger partial charge < -0.3 is 10.1 Å². The van der Waals surface area contributed by atoms with Crippen molar-refractivity contribution in [1.29, 1.82) is 0 Å². The molecular formula is C18H15ClF3N5O2S. The van der Waals surface area contributed by atoms with E-state index in [0.717, 1.165) is 5.56 Å². The summed E-state index contributed by atoms with van der Waals surface area (Å²) in [6, 6.07) is 9.78. The van der Waals surface area contributed by atoms with Crippen LogP contribution in [0.4, 0.5) is 13.2 Å². The molecule has 1 amide bonds. The van der Waals surface area contributed by atoms with Crippen molar-refractivity contribution in [2.45, 2.75) is 19.3 Å². The van der Waals surface area contributed by atoms with Gasteiger partial charge in [-0.15, -0.1) is 0 Å². The molecule has 0 aliphatic rings. The first kappa shape index (κ1) is 21.8. The van der Waals surface area contributed by atoms with Crippen molar-refractivity contribution in [1.82, 2.24) is 25.1 Å². The summed E-state index contributed by atoms with van der Waals surface area (Å²) in [6.45, 7) is -1.47. The summed E-state index contributed by atoms with van der Waals surface area (Å²) in [5.74, 6) is -0.0722. The number of pyridine rings is 1. The number of hydrogen-bond acceptors (Lipinski definition) is 5. The van der Waals surface area contributed by atoms with Gasteiger partial charge >= 0.3 is 6.18 Å². The monoisotopic (exact) mass is 457 g/mol. The number of rotatable bonds is 7. The fourth-order valence-corrected chi connectivity index (χ4v) is 2.80. The van der Waals surface area contributed by atoms with Crippen LogP contribution in [0.15, 0.2) is 42.6 Å². The van der Waals surface area contributed by atoms with Crippen LogP contribution in [0.5, 0.6) is 5.88 Å². The highest BCUT2D eigenvalue weighted by molar-refractivity contribution is 7.71. The van der Waals surface area contributed by atoms with Crippen molar-refractivity contribution in [2.75, 3.05) is 6.61 Å². The average molecular weight is 458 g/mol. The Balaban J connectivity index is 1.63. The fourth-order valence-electron chi connectivity index (χ4n) is 2.48. The highest BCUT2D eigenvalue weighted by atomic mass is 35.5. The first-order chi connectivity index (χ1) is 14.2. The van der Waals surface area contributed by atoms with Crippen LogP contribution >= 0.6 is 23.8 Å². The number of H-pyrrole nitrogens is 1. The number of halogens is 4. The van der Waals surface area contributed by atoms with Crippen molar-refractivity contribution < 1.29 is 22.7 Å². The van der Waals surface area contributed by atoms with E-state index in [1.807, 2.05) is 0 Å². The Morgan fingerprint density at radius 1 is 1.27 bits per heavy atom. The van der Waals surface area contributed by atoms with Gasteiger partial charge in [0.05, 0.1) is 0 Å². The van der Waals surface area contributed by atoms with E-state index in [2.05, 4.69) is 25.2 Å². The molecule has 0 spiro atoms.